The fourth-order valence-corrected chi connectivity index (χ4v) is 3.26. The first-order valence-corrected chi connectivity index (χ1v) is 9.26. The predicted molar refractivity (Wildman–Crippen MR) is 98.6 cm³/mol. The van der Waals surface area contributed by atoms with Gasteiger partial charge in [-0.2, -0.15) is 0 Å². The van der Waals surface area contributed by atoms with E-state index in [1.807, 2.05) is 7.05 Å². The number of likely N-dealkylation sites (tertiary alicyclic amines) is 1. The average Bonchev–Trinajstić information content (AvgIpc) is 2.63. The lowest BCUT2D eigenvalue weighted by Gasteiger charge is -2.33. The van der Waals surface area contributed by atoms with Crippen LogP contribution in [0.25, 0.3) is 0 Å². The number of methoxy groups -OCH3 is 1. The largest absolute Gasteiger partial charge is 0.385 e. The topological polar surface area (TPSA) is 58.1 Å². The molecule has 1 fully saturated rings. The Morgan fingerprint density at radius 3 is 2.92 bits per heavy atom. The molecule has 0 unspecified atom stereocenters. The van der Waals surface area contributed by atoms with Crippen LogP contribution in [-0.4, -0.2) is 77.1 Å². The molecule has 6 nitrogen and oxygen atoms in total. The van der Waals surface area contributed by atoms with Gasteiger partial charge in [0.15, 0.2) is 5.96 Å². The molecular weight excluding hydrogens is 304 g/mol. The zero-order valence-electron chi connectivity index (χ0n) is 15.4. The summed E-state index contributed by atoms with van der Waals surface area (Å²) in [5.41, 5.74) is 1.49. The van der Waals surface area contributed by atoms with Crippen LogP contribution in [0, 0.1) is 0 Å². The minimum absolute atomic E-state index is 0.525. The van der Waals surface area contributed by atoms with E-state index in [0.717, 1.165) is 71.2 Å². The zero-order chi connectivity index (χ0) is 17.0. The molecule has 2 N–H and O–H groups in total. The van der Waals surface area contributed by atoms with Crippen molar-refractivity contribution in [2.24, 2.45) is 4.99 Å². The Kier molecular flexibility index (Phi) is 9.16. The summed E-state index contributed by atoms with van der Waals surface area (Å²) in [6.07, 6.45) is 7.82. The van der Waals surface area contributed by atoms with Gasteiger partial charge in [0.2, 0.25) is 0 Å². The van der Waals surface area contributed by atoms with Crippen molar-refractivity contribution in [3.63, 3.8) is 0 Å². The molecule has 2 aliphatic heterocycles. The molecule has 1 saturated heterocycles. The molecule has 0 aromatic carbocycles. The number of rotatable bonds is 8. The first-order valence-electron chi connectivity index (χ1n) is 9.26. The van der Waals surface area contributed by atoms with Gasteiger partial charge < -0.3 is 25.0 Å². The van der Waals surface area contributed by atoms with E-state index in [-0.39, 0.29) is 0 Å². The van der Waals surface area contributed by atoms with Crippen LogP contribution in [-0.2, 0) is 9.47 Å². The summed E-state index contributed by atoms with van der Waals surface area (Å²) in [6, 6.07) is 0.525. The van der Waals surface area contributed by atoms with Gasteiger partial charge >= 0.3 is 0 Å². The molecule has 2 heterocycles. The third-order valence-corrected chi connectivity index (χ3v) is 4.77. The minimum Gasteiger partial charge on any atom is -0.385 e. The molecule has 0 amide bonds. The maximum atomic E-state index is 5.34. The summed E-state index contributed by atoms with van der Waals surface area (Å²) >= 11 is 0. The van der Waals surface area contributed by atoms with E-state index in [4.69, 9.17) is 9.47 Å². The van der Waals surface area contributed by atoms with E-state index in [2.05, 4.69) is 26.6 Å². The number of piperidine rings is 1. The van der Waals surface area contributed by atoms with Crippen molar-refractivity contribution >= 4 is 5.96 Å². The van der Waals surface area contributed by atoms with Gasteiger partial charge in [0.25, 0.3) is 0 Å². The summed E-state index contributed by atoms with van der Waals surface area (Å²) in [7, 11) is 3.62. The first-order chi connectivity index (χ1) is 11.8. The van der Waals surface area contributed by atoms with Gasteiger partial charge in [-0.25, -0.2) is 0 Å². The van der Waals surface area contributed by atoms with Crippen LogP contribution in [0.1, 0.15) is 32.1 Å². The third kappa shape index (κ3) is 7.20. The zero-order valence-corrected chi connectivity index (χ0v) is 15.4. The van der Waals surface area contributed by atoms with Gasteiger partial charge in [-0.05, 0) is 32.1 Å². The van der Waals surface area contributed by atoms with Gasteiger partial charge in [0.1, 0.15) is 0 Å². The Bertz CT molecular complexity index is 404. The molecule has 0 aliphatic carbocycles. The van der Waals surface area contributed by atoms with Crippen LogP contribution in [0.3, 0.4) is 0 Å². The molecule has 2 aliphatic rings. The molecule has 24 heavy (non-hydrogen) atoms. The van der Waals surface area contributed by atoms with Gasteiger partial charge in [-0.3, -0.25) is 4.99 Å². The molecule has 0 spiro atoms. The van der Waals surface area contributed by atoms with Gasteiger partial charge in [0, 0.05) is 53.0 Å². The van der Waals surface area contributed by atoms with Crippen LogP contribution in [0.4, 0.5) is 0 Å². The van der Waals surface area contributed by atoms with E-state index in [1.165, 1.54) is 18.4 Å². The second kappa shape index (κ2) is 11.4. The molecule has 0 aromatic rings. The molecule has 138 valence electrons. The minimum atomic E-state index is 0.525. The summed E-state index contributed by atoms with van der Waals surface area (Å²) in [6.45, 7) is 6.88. The van der Waals surface area contributed by atoms with Crippen molar-refractivity contribution in [1.29, 1.82) is 0 Å². The van der Waals surface area contributed by atoms with Crippen molar-refractivity contribution in [2.75, 3.05) is 60.2 Å². The number of hydrogen-bond donors (Lipinski definition) is 2. The third-order valence-electron chi connectivity index (χ3n) is 4.77. The molecule has 0 aromatic heterocycles. The summed E-state index contributed by atoms with van der Waals surface area (Å²) in [4.78, 5) is 6.90. The molecule has 2 rings (SSSR count). The van der Waals surface area contributed by atoms with Crippen molar-refractivity contribution in [2.45, 2.75) is 38.1 Å². The van der Waals surface area contributed by atoms with Crippen molar-refractivity contribution in [3.8, 4) is 0 Å². The maximum absolute atomic E-state index is 5.34. The molecule has 0 saturated carbocycles. The molecule has 0 radical (unpaired) electrons. The SMILES string of the molecule is CN=C(NCCC1=CCOCC1)NC1CCN(CCCOC)CC1. The van der Waals surface area contributed by atoms with Gasteiger partial charge in [-0.1, -0.05) is 11.6 Å². The van der Waals surface area contributed by atoms with Crippen molar-refractivity contribution in [1.82, 2.24) is 15.5 Å². The quantitative estimate of drug-likeness (QED) is 0.303. The Balaban J connectivity index is 1.60. The standard InChI is InChI=1S/C18H34N4O2/c1-19-18(20-9-4-16-7-14-24-15-8-16)21-17-5-11-22(12-6-17)10-3-13-23-2/h7,17H,3-6,8-15H2,1-2H3,(H2,19,20,21). The van der Waals surface area contributed by atoms with E-state index < -0.39 is 0 Å². The number of guanidine groups is 1. The molecule has 6 heteroatoms. The number of nitrogens with one attached hydrogen (secondary N) is 2. The maximum Gasteiger partial charge on any atom is 0.191 e. The van der Waals surface area contributed by atoms with Crippen molar-refractivity contribution < 1.29 is 9.47 Å². The molecule has 0 atom stereocenters. The first kappa shape index (κ1) is 19.2. The Hall–Kier alpha value is -1.11. The van der Waals surface area contributed by atoms with Crippen LogP contribution >= 0.6 is 0 Å². The highest BCUT2D eigenvalue weighted by Gasteiger charge is 2.19. The summed E-state index contributed by atoms with van der Waals surface area (Å²) in [5.74, 6) is 0.931. The lowest BCUT2D eigenvalue weighted by molar-refractivity contribution is 0.153. The molecular formula is C18H34N4O2. The predicted octanol–water partition coefficient (Wildman–Crippen LogP) is 1.39. The second-order valence-corrected chi connectivity index (χ2v) is 6.54. The van der Waals surface area contributed by atoms with E-state index in [0.29, 0.717) is 6.04 Å². The lowest BCUT2D eigenvalue weighted by atomic mass is 10.1. The summed E-state index contributed by atoms with van der Waals surface area (Å²) in [5, 5.41) is 7.02. The second-order valence-electron chi connectivity index (χ2n) is 6.54. The molecule has 0 bridgehead atoms. The number of ether oxygens (including phenoxy) is 2. The van der Waals surface area contributed by atoms with E-state index in [1.54, 1.807) is 7.11 Å². The highest BCUT2D eigenvalue weighted by Crippen LogP contribution is 2.12. The highest BCUT2D eigenvalue weighted by molar-refractivity contribution is 5.79. The van der Waals surface area contributed by atoms with Crippen molar-refractivity contribution in [3.05, 3.63) is 11.6 Å². The van der Waals surface area contributed by atoms with E-state index in [9.17, 15) is 0 Å². The van der Waals surface area contributed by atoms with E-state index >= 15 is 0 Å². The smallest absolute Gasteiger partial charge is 0.191 e. The van der Waals surface area contributed by atoms with Gasteiger partial charge in [-0.15, -0.1) is 0 Å². The monoisotopic (exact) mass is 338 g/mol. The number of nitrogens with zero attached hydrogens (tertiary/aromatic N) is 2. The van der Waals surface area contributed by atoms with Crippen LogP contribution < -0.4 is 10.6 Å². The lowest BCUT2D eigenvalue weighted by Crippen LogP contribution is -2.49. The fourth-order valence-electron chi connectivity index (χ4n) is 3.26. The normalized spacial score (nSPS) is 20.8. The van der Waals surface area contributed by atoms with Gasteiger partial charge in [0.05, 0.1) is 13.2 Å². The number of aliphatic imine (C=N–C) groups is 1. The highest BCUT2D eigenvalue weighted by atomic mass is 16.5. The van der Waals surface area contributed by atoms with Crippen LogP contribution in [0.2, 0.25) is 0 Å². The average molecular weight is 338 g/mol. The Morgan fingerprint density at radius 2 is 2.25 bits per heavy atom. The Morgan fingerprint density at radius 1 is 1.42 bits per heavy atom. The Labute approximate surface area is 146 Å². The van der Waals surface area contributed by atoms with Crippen LogP contribution in [0.5, 0.6) is 0 Å². The number of hydrogen-bond acceptors (Lipinski definition) is 4. The summed E-state index contributed by atoms with van der Waals surface area (Å²) < 4.78 is 10.5. The van der Waals surface area contributed by atoms with Crippen LogP contribution in [0.15, 0.2) is 16.6 Å². The fraction of sp³-hybridized carbons (Fsp3) is 0.833.